The Morgan fingerprint density at radius 3 is 2.81 bits per heavy atom. The Morgan fingerprint density at radius 2 is 2.14 bits per heavy atom. The Morgan fingerprint density at radius 1 is 1.33 bits per heavy atom. The van der Waals surface area contributed by atoms with Crippen LogP contribution < -0.4 is 15.8 Å². The first-order valence-electron chi connectivity index (χ1n) is 7.21. The van der Waals surface area contributed by atoms with Crippen molar-refractivity contribution in [3.8, 4) is 11.3 Å². The second kappa shape index (κ2) is 4.66. The van der Waals surface area contributed by atoms with Gasteiger partial charge in [0.2, 0.25) is 5.95 Å². The minimum absolute atomic E-state index is 0.0254. The Labute approximate surface area is 122 Å². The van der Waals surface area contributed by atoms with Crippen molar-refractivity contribution in [2.75, 3.05) is 18.0 Å². The van der Waals surface area contributed by atoms with Gasteiger partial charge in [-0.2, -0.15) is 0 Å². The first-order chi connectivity index (χ1) is 10.2. The van der Waals surface area contributed by atoms with Gasteiger partial charge in [0.25, 0.3) is 5.56 Å². The van der Waals surface area contributed by atoms with Gasteiger partial charge in [0.05, 0.1) is 5.69 Å². The number of piperazine rings is 1. The molecule has 0 spiro atoms. The summed E-state index contributed by atoms with van der Waals surface area (Å²) in [6.07, 6.45) is 4.57. The van der Waals surface area contributed by atoms with Gasteiger partial charge < -0.3 is 10.2 Å². The Bertz CT molecular complexity index is 727. The van der Waals surface area contributed by atoms with Gasteiger partial charge in [0.15, 0.2) is 0 Å². The molecule has 0 radical (unpaired) electrons. The van der Waals surface area contributed by atoms with Crippen LogP contribution in [0.5, 0.6) is 0 Å². The van der Waals surface area contributed by atoms with E-state index in [0.29, 0.717) is 17.8 Å². The number of hydrogen-bond acceptors (Lipinski definition) is 5. The summed E-state index contributed by atoms with van der Waals surface area (Å²) in [6.45, 7) is 1.89. The molecule has 0 aliphatic carbocycles. The van der Waals surface area contributed by atoms with Gasteiger partial charge in [-0.3, -0.25) is 14.3 Å². The summed E-state index contributed by atoms with van der Waals surface area (Å²) < 4.78 is 1.64. The van der Waals surface area contributed by atoms with Crippen LogP contribution in [0.4, 0.5) is 5.95 Å². The maximum atomic E-state index is 12.3. The van der Waals surface area contributed by atoms with Crippen LogP contribution in [0.15, 0.2) is 35.4 Å². The van der Waals surface area contributed by atoms with Gasteiger partial charge in [0, 0.05) is 56.2 Å². The first kappa shape index (κ1) is 12.5. The van der Waals surface area contributed by atoms with Gasteiger partial charge >= 0.3 is 0 Å². The summed E-state index contributed by atoms with van der Waals surface area (Å²) in [6, 6.07) is 6.31. The molecule has 6 heteroatoms. The third-order valence-corrected chi connectivity index (χ3v) is 4.40. The first-order valence-corrected chi connectivity index (χ1v) is 7.21. The molecule has 0 aromatic carbocycles. The summed E-state index contributed by atoms with van der Waals surface area (Å²) in [7, 11) is 1.79. The molecule has 0 amide bonds. The number of anilines is 1. The van der Waals surface area contributed by atoms with Crippen molar-refractivity contribution in [3.05, 3.63) is 40.9 Å². The van der Waals surface area contributed by atoms with Crippen LogP contribution in [0.3, 0.4) is 0 Å². The zero-order valence-electron chi connectivity index (χ0n) is 11.9. The summed E-state index contributed by atoms with van der Waals surface area (Å²) >= 11 is 0. The lowest BCUT2D eigenvalue weighted by molar-refractivity contribution is 0.562. The van der Waals surface area contributed by atoms with Gasteiger partial charge in [-0.1, -0.05) is 0 Å². The van der Waals surface area contributed by atoms with Crippen molar-refractivity contribution in [1.29, 1.82) is 0 Å². The molecule has 2 bridgehead atoms. The van der Waals surface area contributed by atoms with Gasteiger partial charge in [-0.05, 0) is 18.6 Å². The van der Waals surface area contributed by atoms with Crippen LogP contribution in [0.1, 0.15) is 6.42 Å². The third kappa shape index (κ3) is 2.03. The lowest BCUT2D eigenvalue weighted by Gasteiger charge is -2.29. The fraction of sp³-hybridized carbons (Fsp3) is 0.400. The smallest absolute Gasteiger partial charge is 0.255 e. The average Bonchev–Trinajstić information content (AvgIpc) is 3.13. The van der Waals surface area contributed by atoms with Crippen molar-refractivity contribution in [2.24, 2.45) is 7.05 Å². The molecule has 1 N–H and O–H groups in total. The number of nitrogens with one attached hydrogen (secondary N) is 1. The number of nitrogens with zero attached hydrogens (tertiary/aromatic N) is 4. The molecule has 2 saturated heterocycles. The summed E-state index contributed by atoms with van der Waals surface area (Å²) in [5, 5.41) is 3.47. The zero-order valence-corrected chi connectivity index (χ0v) is 11.9. The molecule has 0 saturated carbocycles. The van der Waals surface area contributed by atoms with Gasteiger partial charge in [0.1, 0.15) is 0 Å². The maximum absolute atomic E-state index is 12.3. The predicted octanol–water partition coefficient (Wildman–Crippen LogP) is 0.393. The summed E-state index contributed by atoms with van der Waals surface area (Å²) in [4.78, 5) is 23.3. The summed E-state index contributed by atoms with van der Waals surface area (Å²) in [5.41, 5.74) is 1.61. The fourth-order valence-electron chi connectivity index (χ4n) is 3.26. The van der Waals surface area contributed by atoms with E-state index >= 15 is 0 Å². The molecule has 2 aliphatic heterocycles. The molecule has 2 aromatic rings. The minimum Gasteiger partial charge on any atom is -0.336 e. The van der Waals surface area contributed by atoms with E-state index in [2.05, 4.69) is 15.2 Å². The normalized spacial score (nSPS) is 23.8. The van der Waals surface area contributed by atoms with Crippen LogP contribution in [-0.2, 0) is 7.05 Å². The lowest BCUT2D eigenvalue weighted by Crippen LogP contribution is -2.46. The molecule has 4 rings (SSSR count). The minimum atomic E-state index is -0.0254. The Balaban J connectivity index is 1.80. The summed E-state index contributed by atoms with van der Waals surface area (Å²) in [5.74, 6) is 0.767. The monoisotopic (exact) mass is 283 g/mol. The quantitative estimate of drug-likeness (QED) is 0.864. The van der Waals surface area contributed by atoms with Crippen molar-refractivity contribution in [1.82, 2.24) is 19.9 Å². The van der Waals surface area contributed by atoms with E-state index < -0.39 is 0 Å². The highest BCUT2D eigenvalue weighted by molar-refractivity contribution is 5.59. The molecule has 21 heavy (non-hydrogen) atoms. The van der Waals surface area contributed by atoms with E-state index in [1.807, 2.05) is 12.1 Å². The highest BCUT2D eigenvalue weighted by Gasteiger charge is 2.39. The number of hydrogen-bond donors (Lipinski definition) is 1. The van der Waals surface area contributed by atoms with E-state index in [1.165, 1.54) is 0 Å². The largest absolute Gasteiger partial charge is 0.336 e. The molecule has 108 valence electrons. The van der Waals surface area contributed by atoms with Crippen LogP contribution in [0, 0.1) is 0 Å². The number of fused-ring (bicyclic) bond motifs is 2. The van der Waals surface area contributed by atoms with E-state index in [4.69, 9.17) is 4.98 Å². The third-order valence-electron chi connectivity index (χ3n) is 4.40. The second-order valence-corrected chi connectivity index (χ2v) is 5.72. The van der Waals surface area contributed by atoms with E-state index in [0.717, 1.165) is 31.0 Å². The maximum Gasteiger partial charge on any atom is 0.255 e. The molecule has 2 aliphatic rings. The van der Waals surface area contributed by atoms with Crippen molar-refractivity contribution in [3.63, 3.8) is 0 Å². The SMILES string of the molecule is Cn1c(N2CC3CC2CN3)nc(-c2ccncc2)cc1=O. The molecule has 4 heterocycles. The second-order valence-electron chi connectivity index (χ2n) is 5.72. The van der Waals surface area contributed by atoms with Crippen LogP contribution in [-0.4, -0.2) is 39.7 Å². The van der Waals surface area contributed by atoms with Gasteiger partial charge in [-0.15, -0.1) is 0 Å². The number of rotatable bonds is 2. The van der Waals surface area contributed by atoms with Crippen LogP contribution in [0.25, 0.3) is 11.3 Å². The Hall–Kier alpha value is -2.21. The molecule has 2 atom stereocenters. The van der Waals surface area contributed by atoms with E-state index in [-0.39, 0.29) is 5.56 Å². The lowest BCUT2D eigenvalue weighted by atomic mass is 10.2. The van der Waals surface area contributed by atoms with E-state index in [9.17, 15) is 4.79 Å². The Kier molecular flexibility index (Phi) is 2.78. The highest BCUT2D eigenvalue weighted by Crippen LogP contribution is 2.28. The molecule has 2 fully saturated rings. The molecule has 6 nitrogen and oxygen atoms in total. The topological polar surface area (TPSA) is 63.1 Å². The highest BCUT2D eigenvalue weighted by atomic mass is 16.1. The average molecular weight is 283 g/mol. The molecular formula is C15H17N5O. The molecule has 2 aromatic heterocycles. The van der Waals surface area contributed by atoms with Crippen molar-refractivity contribution >= 4 is 5.95 Å². The molecular weight excluding hydrogens is 266 g/mol. The standard InChI is InChI=1S/C15H17N5O/c1-19-14(21)7-13(10-2-4-16-5-3-10)18-15(19)20-9-11-6-12(20)8-17-11/h2-5,7,11-12,17H,6,8-9H2,1H3. The zero-order chi connectivity index (χ0) is 14.4. The van der Waals surface area contributed by atoms with Crippen molar-refractivity contribution < 1.29 is 0 Å². The van der Waals surface area contributed by atoms with Crippen LogP contribution in [0.2, 0.25) is 0 Å². The van der Waals surface area contributed by atoms with Gasteiger partial charge in [-0.25, -0.2) is 4.98 Å². The predicted molar refractivity (Wildman–Crippen MR) is 80.3 cm³/mol. The fourth-order valence-corrected chi connectivity index (χ4v) is 3.26. The number of pyridine rings is 1. The number of aromatic nitrogens is 3. The van der Waals surface area contributed by atoms with E-state index in [1.54, 1.807) is 30.1 Å². The van der Waals surface area contributed by atoms with Crippen molar-refractivity contribution in [2.45, 2.75) is 18.5 Å². The molecule has 2 unspecified atom stereocenters. The van der Waals surface area contributed by atoms with Crippen LogP contribution >= 0.6 is 0 Å².